The largest absolute Gasteiger partial charge is 0.478 e. The van der Waals surface area contributed by atoms with Gasteiger partial charge in [0.15, 0.2) is 0 Å². The molecule has 17 heteroatoms. The number of thiocarbonyl (C=S) groups is 1. The number of hydrogen-bond donors (Lipinski definition) is 2. The van der Waals surface area contributed by atoms with Crippen LogP contribution in [0.1, 0.15) is 94.2 Å². The summed E-state index contributed by atoms with van der Waals surface area (Å²) in [6.45, 7) is 10.2. The van der Waals surface area contributed by atoms with Gasteiger partial charge >= 0.3 is 24.0 Å². The van der Waals surface area contributed by atoms with Crippen LogP contribution in [-0.4, -0.2) is 64.2 Å². The molecule has 1 amide bonds. The van der Waals surface area contributed by atoms with Crippen LogP contribution in [0.3, 0.4) is 0 Å². The molecule has 2 saturated carbocycles. The first-order valence-corrected chi connectivity index (χ1v) is 23.3. The zero-order valence-corrected chi connectivity index (χ0v) is 41.3. The van der Waals surface area contributed by atoms with Crippen molar-refractivity contribution >= 4 is 41.4 Å². The van der Waals surface area contributed by atoms with Crippen molar-refractivity contribution in [1.29, 1.82) is 0 Å². The molecular weight excluding hydrogens is 975 g/mol. The molecule has 0 aliphatic heterocycles. The minimum atomic E-state index is -1.32. The van der Waals surface area contributed by atoms with Crippen molar-refractivity contribution in [2.24, 2.45) is 4.99 Å². The van der Waals surface area contributed by atoms with Crippen LogP contribution in [-0.2, 0) is 14.2 Å². The zero-order chi connectivity index (χ0) is 53.3. The number of amides is 1. The lowest BCUT2D eigenvalue weighted by Crippen LogP contribution is -2.49. The molecule has 73 heavy (non-hydrogen) atoms. The lowest BCUT2D eigenvalue weighted by Gasteiger charge is -2.35. The second-order valence-electron chi connectivity index (χ2n) is 18.5. The average molecular weight is 1030 g/mol. The van der Waals surface area contributed by atoms with E-state index < -0.39 is 58.7 Å². The Bertz CT molecular complexity index is 3110. The number of carboxylic acids is 1. The fourth-order valence-electron chi connectivity index (χ4n) is 7.40. The number of carbonyl (C=O) groups excluding carboxylic acids is 3. The molecule has 8 rings (SSSR count). The molecule has 0 bridgehead atoms. The van der Waals surface area contributed by atoms with E-state index >= 15 is 0 Å². The van der Waals surface area contributed by atoms with Gasteiger partial charge in [0, 0.05) is 31.7 Å². The lowest BCUT2D eigenvalue weighted by molar-refractivity contribution is -0.00545. The first-order valence-electron chi connectivity index (χ1n) is 22.9. The smallest absolute Gasteiger partial charge is 0.407 e. The molecule has 2 N–H and O–H groups in total. The van der Waals surface area contributed by atoms with E-state index in [2.05, 4.69) is 27.7 Å². The quantitative estimate of drug-likeness (QED) is 0.0451. The van der Waals surface area contributed by atoms with Crippen LogP contribution >= 0.6 is 12.2 Å². The molecule has 6 aromatic carbocycles. The minimum Gasteiger partial charge on any atom is -0.478 e. The number of aryl methyl sites for hydroxylation is 3. The Kier molecular flexibility index (Phi) is 17.8. The number of ether oxygens (including phenoxy) is 3. The second kappa shape index (κ2) is 23.7. The first kappa shape index (κ1) is 54.7. The minimum absolute atomic E-state index is 0.0268. The fraction of sp³-hybridized carbons (Fsp3) is 0.268. The predicted octanol–water partition coefficient (Wildman–Crippen LogP) is 13.5. The monoisotopic (exact) mass is 1020 g/mol. The molecule has 2 aliphatic rings. The van der Waals surface area contributed by atoms with Crippen LogP contribution in [0.25, 0.3) is 33.4 Å². The van der Waals surface area contributed by atoms with E-state index in [9.17, 15) is 45.5 Å². The number of rotatable bonds is 10. The van der Waals surface area contributed by atoms with Gasteiger partial charge in [0.25, 0.3) is 0 Å². The van der Waals surface area contributed by atoms with Crippen molar-refractivity contribution in [2.45, 2.75) is 97.1 Å². The Morgan fingerprint density at radius 3 is 1.19 bits per heavy atom. The Hall–Kier alpha value is -7.62. The van der Waals surface area contributed by atoms with Gasteiger partial charge in [-0.3, -0.25) is 0 Å². The zero-order valence-electron chi connectivity index (χ0n) is 40.5. The summed E-state index contributed by atoms with van der Waals surface area (Å²) in [5.74, 6) is -6.19. The Morgan fingerprint density at radius 1 is 0.548 bits per heavy atom. The topological polar surface area (TPSA) is 141 Å². The number of aliphatic imine (C=N–C) groups is 1. The summed E-state index contributed by atoms with van der Waals surface area (Å²) in [5.41, 5.74) is 3.17. The first-order chi connectivity index (χ1) is 34.5. The molecule has 2 fully saturated rings. The van der Waals surface area contributed by atoms with E-state index in [4.69, 9.17) is 19.3 Å². The fourth-order valence-corrected chi connectivity index (χ4v) is 7.55. The average Bonchev–Trinajstić information content (AvgIpc) is 3.29. The lowest BCUT2D eigenvalue weighted by atomic mass is 9.89. The number of isothiocyanates is 1. The Labute approximate surface area is 423 Å². The highest BCUT2D eigenvalue weighted by Gasteiger charge is 2.35. The van der Waals surface area contributed by atoms with Crippen LogP contribution in [0, 0.1) is 55.7 Å². The number of benzene rings is 6. The van der Waals surface area contributed by atoms with Crippen LogP contribution < -0.4 is 5.32 Å². The molecule has 2 aliphatic carbocycles. The number of nitrogens with zero attached hydrogens (tertiary/aromatic N) is 1. The van der Waals surface area contributed by atoms with Crippen molar-refractivity contribution in [3.05, 3.63) is 177 Å². The number of hydrogen-bond acceptors (Lipinski definition) is 9. The van der Waals surface area contributed by atoms with Crippen LogP contribution in [0.5, 0.6) is 0 Å². The summed E-state index contributed by atoms with van der Waals surface area (Å²) in [6, 6.07) is 25.7. The summed E-state index contributed by atoms with van der Waals surface area (Å²) >= 11 is 4.52. The van der Waals surface area contributed by atoms with Crippen molar-refractivity contribution in [3.63, 3.8) is 0 Å². The van der Waals surface area contributed by atoms with Gasteiger partial charge in [0.05, 0.1) is 27.9 Å². The van der Waals surface area contributed by atoms with E-state index in [1.54, 1.807) is 90.1 Å². The number of alkyl carbamates (subject to hydrolysis) is 1. The molecule has 0 saturated heterocycles. The van der Waals surface area contributed by atoms with Gasteiger partial charge in [-0.1, -0.05) is 54.6 Å². The number of carboxylic acid groups (broad SMARTS) is 1. The molecular formula is C56H50F6N2O8S. The molecule has 0 atom stereocenters. The van der Waals surface area contributed by atoms with E-state index in [0.717, 1.165) is 6.07 Å². The number of esters is 2. The van der Waals surface area contributed by atoms with Gasteiger partial charge in [-0.25, -0.2) is 50.5 Å². The highest BCUT2D eigenvalue weighted by molar-refractivity contribution is 7.78. The second-order valence-corrected chi connectivity index (χ2v) is 18.7. The molecule has 0 spiro atoms. The summed E-state index contributed by atoms with van der Waals surface area (Å²) in [7, 11) is 0. The van der Waals surface area contributed by atoms with Gasteiger partial charge in [0.1, 0.15) is 52.7 Å². The highest BCUT2D eigenvalue weighted by atomic mass is 32.1. The molecule has 0 unspecified atom stereocenters. The van der Waals surface area contributed by atoms with Crippen molar-refractivity contribution in [2.75, 3.05) is 0 Å². The third kappa shape index (κ3) is 14.7. The number of aromatic carboxylic acids is 1. The van der Waals surface area contributed by atoms with Gasteiger partial charge in [-0.15, -0.1) is 0 Å². The molecule has 380 valence electrons. The predicted molar refractivity (Wildman–Crippen MR) is 265 cm³/mol. The SMILES string of the molecule is Cc1ccc(-c2ccc(C(=O)O)c(F)c2)cc1F.Cc1ccc(-c2ccc(C(=O)OC3CC(N=C=S)C3)c(F)c2)cc1F.Cc1ccc(-c2ccc(C(=O)OC3CC(NC(=O)OC(C)(C)C)C3)c(F)c2)cc1F. The Morgan fingerprint density at radius 2 is 0.877 bits per heavy atom. The highest BCUT2D eigenvalue weighted by Crippen LogP contribution is 2.31. The number of carbonyl (C=O) groups is 4. The van der Waals surface area contributed by atoms with Crippen LogP contribution in [0.4, 0.5) is 31.1 Å². The van der Waals surface area contributed by atoms with E-state index in [1.165, 1.54) is 54.6 Å². The van der Waals surface area contributed by atoms with Crippen LogP contribution in [0.2, 0.25) is 0 Å². The maximum Gasteiger partial charge on any atom is 0.407 e. The van der Waals surface area contributed by atoms with Gasteiger partial charge in [0.2, 0.25) is 0 Å². The van der Waals surface area contributed by atoms with Gasteiger partial charge in [-0.05, 0) is 158 Å². The van der Waals surface area contributed by atoms with Crippen molar-refractivity contribution in [3.8, 4) is 33.4 Å². The van der Waals surface area contributed by atoms with E-state index in [-0.39, 0.29) is 46.8 Å². The van der Waals surface area contributed by atoms with Gasteiger partial charge < -0.3 is 24.6 Å². The molecule has 10 nitrogen and oxygen atoms in total. The summed E-state index contributed by atoms with van der Waals surface area (Å²) in [6.07, 6.45) is 0.805. The molecule has 0 heterocycles. The summed E-state index contributed by atoms with van der Waals surface area (Å²) in [5, 5.41) is 13.7. The van der Waals surface area contributed by atoms with Crippen molar-refractivity contribution < 1.29 is 64.8 Å². The summed E-state index contributed by atoms with van der Waals surface area (Å²) in [4.78, 5) is 50.7. The molecule has 6 aromatic rings. The third-order valence-electron chi connectivity index (χ3n) is 11.8. The normalized spacial score (nSPS) is 16.5. The van der Waals surface area contributed by atoms with Gasteiger partial charge in [-0.2, -0.15) is 0 Å². The number of halogens is 6. The van der Waals surface area contributed by atoms with E-state index in [0.29, 0.717) is 75.8 Å². The summed E-state index contributed by atoms with van der Waals surface area (Å²) < 4.78 is 98.8. The number of nitrogens with one attached hydrogen (secondary N) is 1. The standard InChI is InChI=1S/C23H25F2NO4.C19H15F2NO2S.C14H10F2O2/c1-13-5-6-14(9-19(13)24)15-7-8-18(20(25)10-15)21(27)29-17-11-16(12-17)26-22(28)30-23(2,3)4;1-11-2-3-12(6-17(11)20)13-4-5-16(18(21)7-13)19(23)24-15-8-14(9-15)22-10-25;1-8-2-3-9(6-12(8)15)10-4-5-11(14(17)18)13(16)7-10/h5-10,16-17H,11-12H2,1-4H3,(H,26,28);2-7,14-15H,8-9H2,1H3;2-7H,1H3,(H,17,18). The Balaban J connectivity index is 0.000000184. The maximum atomic E-state index is 14.5. The third-order valence-corrected chi connectivity index (χ3v) is 11.9. The van der Waals surface area contributed by atoms with E-state index in [1.807, 2.05) is 0 Å². The molecule has 0 radical (unpaired) electrons. The molecule has 0 aromatic heterocycles. The van der Waals surface area contributed by atoms with Crippen molar-refractivity contribution in [1.82, 2.24) is 5.32 Å². The maximum absolute atomic E-state index is 14.5. The van der Waals surface area contributed by atoms with Crippen LogP contribution in [0.15, 0.2) is 114 Å².